The average Bonchev–Trinajstić information content (AvgIpc) is 2.61. The number of nitrogens with zero attached hydrogens (tertiary/aromatic N) is 1. The van der Waals surface area contributed by atoms with Crippen LogP contribution in [0, 0.1) is 19.8 Å². The van der Waals surface area contributed by atoms with Crippen molar-refractivity contribution in [1.82, 2.24) is 0 Å². The highest BCUT2D eigenvalue weighted by molar-refractivity contribution is 6.00. The van der Waals surface area contributed by atoms with E-state index in [9.17, 15) is 14.7 Å². The van der Waals surface area contributed by atoms with Gasteiger partial charge in [0.1, 0.15) is 0 Å². The lowest BCUT2D eigenvalue weighted by Crippen LogP contribution is -2.33. The molecule has 4 heteroatoms. The third-order valence-corrected chi connectivity index (χ3v) is 3.17. The molecule has 0 saturated carbocycles. The molecule has 0 aromatic heterocycles. The van der Waals surface area contributed by atoms with Gasteiger partial charge in [0.2, 0.25) is 5.91 Å². The number of benzene rings is 1. The fraction of sp³-hybridized carbons (Fsp3) is 0.385. The van der Waals surface area contributed by atoms with Crippen LogP contribution in [0.4, 0.5) is 5.69 Å². The van der Waals surface area contributed by atoms with Gasteiger partial charge in [-0.05, 0) is 25.0 Å². The minimum Gasteiger partial charge on any atom is -0.550 e. The van der Waals surface area contributed by atoms with Crippen LogP contribution in [-0.4, -0.2) is 18.4 Å². The number of anilines is 1. The second-order valence-electron chi connectivity index (χ2n) is 4.46. The van der Waals surface area contributed by atoms with E-state index in [4.69, 9.17) is 0 Å². The Labute approximate surface area is 99.9 Å². The number of aliphatic carboxylic acids is 1. The van der Waals surface area contributed by atoms with E-state index in [0.717, 1.165) is 16.8 Å². The fourth-order valence-corrected chi connectivity index (χ4v) is 2.31. The van der Waals surface area contributed by atoms with Gasteiger partial charge < -0.3 is 14.8 Å². The predicted octanol–water partition coefficient (Wildman–Crippen LogP) is 0.406. The Morgan fingerprint density at radius 3 is 2.41 bits per heavy atom. The summed E-state index contributed by atoms with van der Waals surface area (Å²) in [4.78, 5) is 24.2. The number of carboxylic acid groups (broad SMARTS) is 1. The minimum atomic E-state index is -1.15. The molecule has 1 aliphatic heterocycles. The molecule has 1 atom stereocenters. The summed E-state index contributed by atoms with van der Waals surface area (Å²) in [6.07, 6.45) is 0.0378. The molecule has 1 aliphatic rings. The Hall–Kier alpha value is -1.84. The van der Waals surface area contributed by atoms with Crippen molar-refractivity contribution in [3.63, 3.8) is 0 Å². The average molecular weight is 232 g/mol. The number of aryl methyl sites for hydroxylation is 2. The molecule has 90 valence electrons. The highest BCUT2D eigenvalue weighted by Crippen LogP contribution is 2.30. The summed E-state index contributed by atoms with van der Waals surface area (Å²) >= 11 is 0. The monoisotopic (exact) mass is 232 g/mol. The fourth-order valence-electron chi connectivity index (χ4n) is 2.31. The molecule has 0 bridgehead atoms. The predicted molar refractivity (Wildman–Crippen MR) is 61.4 cm³/mol. The van der Waals surface area contributed by atoms with Crippen LogP contribution < -0.4 is 10.0 Å². The molecule has 2 rings (SSSR count). The van der Waals surface area contributed by atoms with Crippen LogP contribution in [0.25, 0.3) is 0 Å². The summed E-state index contributed by atoms with van der Waals surface area (Å²) in [6, 6.07) is 5.76. The van der Waals surface area contributed by atoms with Gasteiger partial charge in [-0.3, -0.25) is 4.79 Å². The van der Waals surface area contributed by atoms with E-state index in [2.05, 4.69) is 0 Å². The number of hydrogen-bond acceptors (Lipinski definition) is 3. The third kappa shape index (κ3) is 2.02. The molecular formula is C13H14NO3-. The molecule has 1 aromatic rings. The van der Waals surface area contributed by atoms with Gasteiger partial charge in [0.05, 0.1) is 0 Å². The SMILES string of the molecule is Cc1cccc(C)c1N1C[C@@H](C(=O)[O-])CC1=O. The van der Waals surface area contributed by atoms with Gasteiger partial charge in [-0.2, -0.15) is 0 Å². The Bertz CT molecular complexity index is 461. The zero-order chi connectivity index (χ0) is 12.6. The Balaban J connectivity index is 2.35. The largest absolute Gasteiger partial charge is 0.550 e. The normalized spacial score (nSPS) is 19.8. The van der Waals surface area contributed by atoms with E-state index in [1.165, 1.54) is 0 Å². The highest BCUT2D eigenvalue weighted by Gasteiger charge is 2.32. The number of rotatable bonds is 2. The maximum Gasteiger partial charge on any atom is 0.227 e. The van der Waals surface area contributed by atoms with Crippen molar-refractivity contribution in [2.45, 2.75) is 20.3 Å². The molecule has 1 heterocycles. The number of amides is 1. The lowest BCUT2D eigenvalue weighted by molar-refractivity contribution is -0.310. The molecule has 0 spiro atoms. The van der Waals surface area contributed by atoms with E-state index in [1.54, 1.807) is 4.90 Å². The van der Waals surface area contributed by atoms with Crippen molar-refractivity contribution in [3.8, 4) is 0 Å². The highest BCUT2D eigenvalue weighted by atomic mass is 16.4. The van der Waals surface area contributed by atoms with Gasteiger partial charge in [0.25, 0.3) is 0 Å². The number of carbonyl (C=O) groups is 2. The van der Waals surface area contributed by atoms with Crippen LogP contribution in [0.3, 0.4) is 0 Å². The number of carbonyl (C=O) groups excluding carboxylic acids is 2. The number of para-hydroxylation sites is 1. The van der Waals surface area contributed by atoms with Gasteiger partial charge >= 0.3 is 0 Å². The van der Waals surface area contributed by atoms with E-state index < -0.39 is 11.9 Å². The van der Waals surface area contributed by atoms with E-state index in [0.29, 0.717) is 0 Å². The Morgan fingerprint density at radius 2 is 1.94 bits per heavy atom. The Kier molecular flexibility index (Phi) is 2.88. The van der Waals surface area contributed by atoms with E-state index in [-0.39, 0.29) is 18.9 Å². The zero-order valence-corrected chi connectivity index (χ0v) is 9.90. The quantitative estimate of drug-likeness (QED) is 0.741. The smallest absolute Gasteiger partial charge is 0.227 e. The zero-order valence-electron chi connectivity index (χ0n) is 9.90. The molecule has 4 nitrogen and oxygen atoms in total. The molecule has 17 heavy (non-hydrogen) atoms. The van der Waals surface area contributed by atoms with Gasteiger partial charge in [0.15, 0.2) is 0 Å². The number of carboxylic acids is 1. The Morgan fingerprint density at radius 1 is 1.35 bits per heavy atom. The maximum absolute atomic E-state index is 11.8. The first kappa shape index (κ1) is 11.6. The minimum absolute atomic E-state index is 0.0378. The topological polar surface area (TPSA) is 60.4 Å². The van der Waals surface area contributed by atoms with Crippen LogP contribution in [0.2, 0.25) is 0 Å². The van der Waals surface area contributed by atoms with E-state index >= 15 is 0 Å². The van der Waals surface area contributed by atoms with Crippen LogP contribution in [0.15, 0.2) is 18.2 Å². The summed E-state index contributed by atoms with van der Waals surface area (Å²) in [5, 5.41) is 10.8. The first-order valence-electron chi connectivity index (χ1n) is 5.58. The van der Waals surface area contributed by atoms with Crippen LogP contribution in [0.1, 0.15) is 17.5 Å². The van der Waals surface area contributed by atoms with Crippen molar-refractivity contribution in [2.75, 3.05) is 11.4 Å². The first-order chi connectivity index (χ1) is 8.00. The molecule has 1 amide bonds. The summed E-state index contributed by atoms with van der Waals surface area (Å²) in [5.41, 5.74) is 2.80. The van der Waals surface area contributed by atoms with Crippen molar-refractivity contribution >= 4 is 17.6 Å². The van der Waals surface area contributed by atoms with Gasteiger partial charge in [-0.25, -0.2) is 0 Å². The third-order valence-electron chi connectivity index (χ3n) is 3.17. The summed E-state index contributed by atoms with van der Waals surface area (Å²) in [6.45, 7) is 4.05. The second-order valence-corrected chi connectivity index (χ2v) is 4.46. The van der Waals surface area contributed by atoms with Crippen LogP contribution >= 0.6 is 0 Å². The van der Waals surface area contributed by atoms with Crippen molar-refractivity contribution < 1.29 is 14.7 Å². The van der Waals surface area contributed by atoms with E-state index in [1.807, 2.05) is 32.0 Å². The van der Waals surface area contributed by atoms with Crippen LogP contribution in [0.5, 0.6) is 0 Å². The summed E-state index contributed by atoms with van der Waals surface area (Å²) < 4.78 is 0. The molecule has 0 unspecified atom stereocenters. The van der Waals surface area contributed by atoms with Crippen molar-refractivity contribution in [1.29, 1.82) is 0 Å². The molecular weight excluding hydrogens is 218 g/mol. The first-order valence-corrected chi connectivity index (χ1v) is 5.58. The number of hydrogen-bond donors (Lipinski definition) is 0. The van der Waals surface area contributed by atoms with Gasteiger partial charge in [-0.1, -0.05) is 18.2 Å². The van der Waals surface area contributed by atoms with Gasteiger partial charge in [-0.15, -0.1) is 0 Å². The standard InChI is InChI=1S/C13H15NO3/c1-8-4-3-5-9(2)12(8)14-7-10(13(16)17)6-11(14)15/h3-5,10H,6-7H2,1-2H3,(H,16,17)/p-1/t10-/m0/s1. The summed E-state index contributed by atoms with van der Waals surface area (Å²) in [7, 11) is 0. The lowest BCUT2D eigenvalue weighted by Gasteiger charge is -2.21. The van der Waals surface area contributed by atoms with Crippen LogP contribution in [-0.2, 0) is 9.59 Å². The molecule has 0 radical (unpaired) electrons. The molecule has 1 fully saturated rings. The second kappa shape index (κ2) is 4.20. The van der Waals surface area contributed by atoms with Crippen molar-refractivity contribution in [3.05, 3.63) is 29.3 Å². The molecule has 0 N–H and O–H groups in total. The summed E-state index contributed by atoms with van der Waals surface area (Å²) in [5.74, 6) is -1.98. The molecule has 1 aromatic carbocycles. The van der Waals surface area contributed by atoms with Crippen molar-refractivity contribution in [2.24, 2.45) is 5.92 Å². The molecule has 0 aliphatic carbocycles. The maximum atomic E-state index is 11.8. The molecule has 1 saturated heterocycles. The lowest BCUT2D eigenvalue weighted by atomic mass is 10.1. The van der Waals surface area contributed by atoms with Gasteiger partial charge in [0, 0.05) is 30.5 Å².